The maximum atomic E-state index is 13.8. The van der Waals surface area contributed by atoms with Crippen molar-refractivity contribution in [2.75, 3.05) is 0 Å². The van der Waals surface area contributed by atoms with Crippen LogP contribution in [0.15, 0.2) is 35.1 Å². The standard InChI is InChI=1S/C28H31NO11/c1-11-12-6-5-7-14(30)19(12)22(34)21-18(11)23(39-16(32)8-9-17(33)40-27(2,3)4)13-10-15(31)20(26(29)37)24(35)28(13,38)25(21)36/h5-7,11,13,18,23,30,34-35,38H,8-10H2,1-4H3,(H2,29,37). The van der Waals surface area contributed by atoms with Crippen LogP contribution in [0.5, 0.6) is 5.75 Å². The molecular formula is C28H31NO11. The van der Waals surface area contributed by atoms with E-state index in [0.717, 1.165) is 0 Å². The fraction of sp³-hybridized carbons (Fsp3) is 0.464. The Balaban J connectivity index is 1.83. The van der Waals surface area contributed by atoms with Crippen LogP contribution < -0.4 is 5.73 Å². The summed E-state index contributed by atoms with van der Waals surface area (Å²) in [4.78, 5) is 63.8. The van der Waals surface area contributed by atoms with Crippen LogP contribution in [0.3, 0.4) is 0 Å². The van der Waals surface area contributed by atoms with E-state index in [1.54, 1.807) is 33.8 Å². The Kier molecular flexibility index (Phi) is 7.04. The van der Waals surface area contributed by atoms with E-state index in [2.05, 4.69) is 0 Å². The molecule has 1 aromatic carbocycles. The second-order valence-corrected chi connectivity index (χ2v) is 11.3. The Morgan fingerprint density at radius 3 is 2.30 bits per heavy atom. The number of carbonyl (C=O) groups excluding carboxylic acids is 5. The van der Waals surface area contributed by atoms with Crippen molar-refractivity contribution in [3.63, 3.8) is 0 Å². The fourth-order valence-electron chi connectivity index (χ4n) is 5.89. The molecule has 4 rings (SSSR count). The smallest absolute Gasteiger partial charge is 0.306 e. The lowest BCUT2D eigenvalue weighted by atomic mass is 9.55. The van der Waals surface area contributed by atoms with Crippen LogP contribution in [0.1, 0.15) is 64.0 Å². The maximum Gasteiger partial charge on any atom is 0.306 e. The van der Waals surface area contributed by atoms with Gasteiger partial charge in [0.15, 0.2) is 11.4 Å². The molecule has 0 radical (unpaired) electrons. The number of rotatable bonds is 5. The van der Waals surface area contributed by atoms with Gasteiger partial charge < -0.3 is 35.6 Å². The Bertz CT molecular complexity index is 1400. The van der Waals surface area contributed by atoms with Crippen LogP contribution in [0, 0.1) is 11.8 Å². The molecule has 5 atom stereocenters. The average molecular weight is 558 g/mol. The summed E-state index contributed by atoms with van der Waals surface area (Å²) < 4.78 is 10.9. The number of nitrogens with two attached hydrogens (primary N) is 1. The number of fused-ring (bicyclic) bond motifs is 3. The summed E-state index contributed by atoms with van der Waals surface area (Å²) in [6.45, 7) is 6.61. The van der Waals surface area contributed by atoms with E-state index in [0.29, 0.717) is 5.56 Å². The van der Waals surface area contributed by atoms with Crippen molar-refractivity contribution in [2.24, 2.45) is 17.6 Å². The van der Waals surface area contributed by atoms with Crippen molar-refractivity contribution in [3.8, 4) is 5.75 Å². The zero-order valence-electron chi connectivity index (χ0n) is 22.4. The molecule has 40 heavy (non-hydrogen) atoms. The van der Waals surface area contributed by atoms with E-state index in [1.807, 2.05) is 0 Å². The van der Waals surface area contributed by atoms with Gasteiger partial charge in [-0.25, -0.2) is 0 Å². The first kappa shape index (κ1) is 28.8. The van der Waals surface area contributed by atoms with Gasteiger partial charge in [-0.15, -0.1) is 0 Å². The van der Waals surface area contributed by atoms with E-state index in [1.165, 1.54) is 12.1 Å². The van der Waals surface area contributed by atoms with Gasteiger partial charge in [-0.2, -0.15) is 0 Å². The molecule has 0 bridgehead atoms. The molecule has 1 amide bonds. The van der Waals surface area contributed by atoms with Gasteiger partial charge in [-0.1, -0.05) is 19.1 Å². The van der Waals surface area contributed by atoms with E-state index in [9.17, 15) is 44.4 Å². The number of ether oxygens (including phenoxy) is 2. The largest absolute Gasteiger partial charge is 0.508 e. The summed E-state index contributed by atoms with van der Waals surface area (Å²) in [5.41, 5.74) is 0.361. The second-order valence-electron chi connectivity index (χ2n) is 11.3. The van der Waals surface area contributed by atoms with Crippen LogP contribution in [0.2, 0.25) is 0 Å². The first-order valence-electron chi connectivity index (χ1n) is 12.7. The van der Waals surface area contributed by atoms with Crippen molar-refractivity contribution >= 4 is 35.2 Å². The van der Waals surface area contributed by atoms with Crippen molar-refractivity contribution in [2.45, 2.75) is 70.2 Å². The van der Waals surface area contributed by atoms with Gasteiger partial charge in [-0.3, -0.25) is 24.0 Å². The topological polar surface area (TPSA) is 211 Å². The fourth-order valence-corrected chi connectivity index (χ4v) is 5.89. The zero-order chi connectivity index (χ0) is 29.9. The molecule has 0 spiro atoms. The Hall–Kier alpha value is -4.19. The molecule has 0 heterocycles. The average Bonchev–Trinajstić information content (AvgIpc) is 2.83. The molecule has 0 aromatic heterocycles. The SMILES string of the molecule is CC1c2cccc(O)c2C(O)=C2C(=O)C3(O)C(O)=C(C(N)=O)C(=O)CC3C(OC(=O)CCC(=O)OC(C)(C)C)C21. The number of hydrogen-bond acceptors (Lipinski definition) is 11. The van der Waals surface area contributed by atoms with Crippen LogP contribution in [0.4, 0.5) is 0 Å². The van der Waals surface area contributed by atoms with Gasteiger partial charge in [-0.05, 0) is 38.3 Å². The van der Waals surface area contributed by atoms with Crippen molar-refractivity contribution in [3.05, 3.63) is 46.2 Å². The number of phenolic OH excluding ortho intramolecular Hbond substituents is 1. The van der Waals surface area contributed by atoms with E-state index >= 15 is 0 Å². The number of ketones is 2. The van der Waals surface area contributed by atoms with E-state index < -0.39 is 100.0 Å². The number of benzene rings is 1. The molecule has 5 unspecified atom stereocenters. The number of esters is 2. The molecule has 1 saturated carbocycles. The lowest BCUT2D eigenvalue weighted by Gasteiger charge is -2.51. The first-order valence-corrected chi connectivity index (χ1v) is 12.7. The number of primary amides is 1. The molecule has 1 fully saturated rings. The van der Waals surface area contributed by atoms with Crippen molar-refractivity contribution in [1.29, 1.82) is 0 Å². The summed E-state index contributed by atoms with van der Waals surface area (Å²) in [5, 5.41) is 44.2. The summed E-state index contributed by atoms with van der Waals surface area (Å²) in [6, 6.07) is 4.39. The van der Waals surface area contributed by atoms with Gasteiger partial charge >= 0.3 is 11.9 Å². The summed E-state index contributed by atoms with van der Waals surface area (Å²) in [6.07, 6.45) is -2.98. The Morgan fingerprint density at radius 1 is 1.07 bits per heavy atom. The molecule has 12 nitrogen and oxygen atoms in total. The molecular weight excluding hydrogens is 526 g/mol. The highest BCUT2D eigenvalue weighted by molar-refractivity contribution is 6.23. The molecule has 0 saturated heterocycles. The number of aliphatic hydroxyl groups excluding tert-OH is 2. The van der Waals surface area contributed by atoms with Crippen LogP contribution in [-0.2, 0) is 33.4 Å². The normalized spacial score (nSPS) is 27.9. The highest BCUT2D eigenvalue weighted by atomic mass is 16.6. The van der Waals surface area contributed by atoms with Gasteiger partial charge in [0.25, 0.3) is 5.91 Å². The van der Waals surface area contributed by atoms with Crippen LogP contribution in [-0.4, -0.2) is 67.1 Å². The monoisotopic (exact) mass is 557 g/mol. The maximum absolute atomic E-state index is 13.8. The summed E-state index contributed by atoms with van der Waals surface area (Å²) in [7, 11) is 0. The third kappa shape index (κ3) is 4.51. The third-order valence-electron chi connectivity index (χ3n) is 7.56. The zero-order valence-corrected chi connectivity index (χ0v) is 22.4. The molecule has 3 aliphatic rings. The van der Waals surface area contributed by atoms with Gasteiger partial charge in [0.05, 0.1) is 18.4 Å². The number of aromatic hydroxyl groups is 1. The lowest BCUT2D eigenvalue weighted by molar-refractivity contribution is -0.179. The predicted molar refractivity (Wildman–Crippen MR) is 136 cm³/mol. The molecule has 0 aliphatic heterocycles. The van der Waals surface area contributed by atoms with Gasteiger partial charge in [0.2, 0.25) is 5.78 Å². The summed E-state index contributed by atoms with van der Waals surface area (Å²) >= 11 is 0. The van der Waals surface area contributed by atoms with E-state index in [-0.39, 0.29) is 17.7 Å². The molecule has 1 aromatic rings. The highest BCUT2D eigenvalue weighted by Crippen LogP contribution is 2.56. The van der Waals surface area contributed by atoms with Crippen molar-refractivity contribution < 1.29 is 53.9 Å². The Labute approximate surface area is 229 Å². The number of phenols is 1. The van der Waals surface area contributed by atoms with E-state index in [4.69, 9.17) is 15.2 Å². The third-order valence-corrected chi connectivity index (χ3v) is 7.56. The summed E-state index contributed by atoms with van der Waals surface area (Å²) in [5.74, 6) is -11.0. The van der Waals surface area contributed by atoms with Crippen LogP contribution in [0.25, 0.3) is 5.76 Å². The molecule has 12 heteroatoms. The number of Topliss-reactive ketones (excluding diaryl/α,β-unsaturated/α-hetero) is 2. The number of carbonyl (C=O) groups is 5. The molecule has 6 N–H and O–H groups in total. The molecule has 3 aliphatic carbocycles. The van der Waals surface area contributed by atoms with Crippen LogP contribution >= 0.6 is 0 Å². The quantitative estimate of drug-likeness (QED) is 0.259. The van der Waals surface area contributed by atoms with Crippen molar-refractivity contribution in [1.82, 2.24) is 0 Å². The Morgan fingerprint density at radius 2 is 1.70 bits per heavy atom. The number of amides is 1. The first-order chi connectivity index (χ1) is 18.5. The van der Waals surface area contributed by atoms with Gasteiger partial charge in [0.1, 0.15) is 34.5 Å². The minimum absolute atomic E-state index is 0.0860. The number of hydrogen-bond donors (Lipinski definition) is 5. The number of aliphatic hydroxyl groups is 3. The highest BCUT2D eigenvalue weighted by Gasteiger charge is 2.66. The lowest BCUT2D eigenvalue weighted by Crippen LogP contribution is -2.64. The second kappa shape index (κ2) is 9.77. The molecule has 214 valence electrons. The van der Waals surface area contributed by atoms with Gasteiger partial charge in [0, 0.05) is 23.8 Å². The predicted octanol–water partition coefficient (Wildman–Crippen LogP) is 1.63. The minimum atomic E-state index is -2.96. The minimum Gasteiger partial charge on any atom is -0.508 e.